The second-order valence-electron chi connectivity index (χ2n) is 4.07. The van der Waals surface area contributed by atoms with Crippen molar-refractivity contribution in [2.75, 3.05) is 6.61 Å². The fourth-order valence-corrected chi connectivity index (χ4v) is 1.96. The van der Waals surface area contributed by atoms with Gasteiger partial charge in [-0.05, 0) is 0 Å². The van der Waals surface area contributed by atoms with Crippen LogP contribution in [0.3, 0.4) is 0 Å². The number of aliphatic hydroxyl groups is 2. The first kappa shape index (κ1) is 13.5. The molecule has 7 nitrogen and oxygen atoms in total. The fourth-order valence-electron chi connectivity index (χ4n) is 1.96. The summed E-state index contributed by atoms with van der Waals surface area (Å²) in [7, 11) is 0. The van der Waals surface area contributed by atoms with Crippen molar-refractivity contribution in [2.45, 2.75) is 18.4 Å². The highest BCUT2D eigenvalue weighted by atomic mass is 19.1. The lowest BCUT2D eigenvalue weighted by Crippen LogP contribution is -2.36. The van der Waals surface area contributed by atoms with Gasteiger partial charge in [-0.3, -0.25) is 14.3 Å². The Bertz CT molecular complexity index is 631. The predicted octanol–water partition coefficient (Wildman–Crippen LogP) is -1.82. The number of halogens is 1. The molecule has 0 aromatic carbocycles. The zero-order valence-electron chi connectivity index (χ0n) is 9.62. The van der Waals surface area contributed by atoms with Gasteiger partial charge in [-0.15, -0.1) is 6.42 Å². The molecule has 1 aliphatic rings. The summed E-state index contributed by atoms with van der Waals surface area (Å²) in [5.74, 6) is 0.104. The largest absolute Gasteiger partial charge is 0.394 e. The highest BCUT2D eigenvalue weighted by Crippen LogP contribution is 2.33. The molecule has 8 heteroatoms. The minimum absolute atomic E-state index is 0.504. The molecule has 0 aliphatic carbocycles. The minimum Gasteiger partial charge on any atom is -0.394 e. The van der Waals surface area contributed by atoms with E-state index in [9.17, 15) is 19.1 Å². The van der Waals surface area contributed by atoms with E-state index in [1.54, 1.807) is 4.98 Å². The number of aliphatic hydroxyl groups excluding tert-OH is 2. The Kier molecular flexibility index (Phi) is 3.53. The van der Waals surface area contributed by atoms with Crippen LogP contribution >= 0.6 is 0 Å². The number of nitrogens with zero attached hydrogens (tertiary/aromatic N) is 1. The molecular formula is C11H11FN2O5. The summed E-state index contributed by atoms with van der Waals surface area (Å²) in [6, 6.07) is 0. The quantitative estimate of drug-likeness (QED) is 0.549. The number of terminal acetylenes is 1. The van der Waals surface area contributed by atoms with Crippen molar-refractivity contribution in [1.29, 1.82) is 0 Å². The highest BCUT2D eigenvalue weighted by Gasteiger charge is 2.43. The van der Waals surface area contributed by atoms with Gasteiger partial charge in [0.1, 0.15) is 12.2 Å². The van der Waals surface area contributed by atoms with Crippen LogP contribution in [0.15, 0.2) is 15.8 Å². The summed E-state index contributed by atoms with van der Waals surface area (Å²) < 4.78 is 19.2. The average molecular weight is 270 g/mol. The standard InChI is InChI=1S/C11H11FN2O5/c1-2-5-8(16)7(4-15)19-10(5)14-3-6(12)9(17)13-11(14)18/h1,3,5,7-8,10,15-16H,4H2,(H,13,17,18)/t5?,7-,8?,10-/m1/s1. The smallest absolute Gasteiger partial charge is 0.330 e. The maximum atomic E-state index is 13.2. The van der Waals surface area contributed by atoms with Crippen LogP contribution in [-0.2, 0) is 4.74 Å². The molecule has 4 atom stereocenters. The zero-order chi connectivity index (χ0) is 14.2. The molecule has 102 valence electrons. The van der Waals surface area contributed by atoms with Crippen LogP contribution in [0.2, 0.25) is 0 Å². The first-order valence-electron chi connectivity index (χ1n) is 5.41. The zero-order valence-corrected chi connectivity index (χ0v) is 9.62. The van der Waals surface area contributed by atoms with Crippen LogP contribution in [0.25, 0.3) is 0 Å². The van der Waals surface area contributed by atoms with E-state index in [1.165, 1.54) is 0 Å². The maximum Gasteiger partial charge on any atom is 0.330 e. The molecule has 0 amide bonds. The first-order chi connectivity index (χ1) is 8.99. The molecule has 2 unspecified atom stereocenters. The van der Waals surface area contributed by atoms with Crippen LogP contribution in [0.1, 0.15) is 6.23 Å². The number of ether oxygens (including phenoxy) is 1. The van der Waals surface area contributed by atoms with Crippen LogP contribution < -0.4 is 11.2 Å². The molecule has 0 saturated carbocycles. The van der Waals surface area contributed by atoms with Gasteiger partial charge in [-0.1, -0.05) is 5.92 Å². The van der Waals surface area contributed by atoms with E-state index < -0.39 is 48.0 Å². The molecule has 1 fully saturated rings. The number of aromatic amines is 1. The van der Waals surface area contributed by atoms with Gasteiger partial charge in [0.2, 0.25) is 5.82 Å². The summed E-state index contributed by atoms with van der Waals surface area (Å²) in [5, 5.41) is 18.8. The topological polar surface area (TPSA) is 105 Å². The summed E-state index contributed by atoms with van der Waals surface area (Å²) in [5.41, 5.74) is -2.07. The van der Waals surface area contributed by atoms with E-state index >= 15 is 0 Å². The second-order valence-corrected chi connectivity index (χ2v) is 4.07. The minimum atomic E-state index is -1.19. The monoisotopic (exact) mass is 270 g/mol. The Morgan fingerprint density at radius 3 is 2.84 bits per heavy atom. The molecule has 1 aliphatic heterocycles. The van der Waals surface area contributed by atoms with Crippen molar-refractivity contribution in [3.8, 4) is 12.3 Å². The van der Waals surface area contributed by atoms with E-state index in [-0.39, 0.29) is 0 Å². The summed E-state index contributed by atoms with van der Waals surface area (Å²) in [6.45, 7) is -0.504. The lowest BCUT2D eigenvalue weighted by Gasteiger charge is -2.17. The van der Waals surface area contributed by atoms with E-state index in [1.807, 2.05) is 0 Å². The van der Waals surface area contributed by atoms with E-state index in [0.29, 0.717) is 6.20 Å². The van der Waals surface area contributed by atoms with Gasteiger partial charge in [0.25, 0.3) is 5.56 Å². The molecule has 1 saturated heterocycles. The van der Waals surface area contributed by atoms with Gasteiger partial charge in [-0.25, -0.2) is 4.79 Å². The molecule has 0 radical (unpaired) electrons. The summed E-state index contributed by atoms with van der Waals surface area (Å²) in [6.07, 6.45) is 2.56. The van der Waals surface area contributed by atoms with Gasteiger partial charge >= 0.3 is 5.69 Å². The Morgan fingerprint density at radius 1 is 1.58 bits per heavy atom. The summed E-state index contributed by atoms with van der Waals surface area (Å²) >= 11 is 0. The number of aromatic nitrogens is 2. The lowest BCUT2D eigenvalue weighted by molar-refractivity contribution is -0.0473. The SMILES string of the molecule is C#CC1C(O)[C@@H](CO)O[C@H]1n1cc(F)c(=O)[nH]c1=O. The number of hydrogen-bond donors (Lipinski definition) is 3. The Morgan fingerprint density at radius 2 is 2.26 bits per heavy atom. The molecule has 0 bridgehead atoms. The third kappa shape index (κ3) is 2.19. The highest BCUT2D eigenvalue weighted by molar-refractivity contribution is 5.06. The second kappa shape index (κ2) is 4.97. The van der Waals surface area contributed by atoms with Gasteiger partial charge < -0.3 is 14.9 Å². The van der Waals surface area contributed by atoms with Crippen molar-refractivity contribution in [3.05, 3.63) is 32.9 Å². The van der Waals surface area contributed by atoms with Gasteiger partial charge in [-0.2, -0.15) is 4.39 Å². The van der Waals surface area contributed by atoms with Gasteiger partial charge in [0.05, 0.1) is 18.7 Å². The number of hydrogen-bond acceptors (Lipinski definition) is 5. The predicted molar refractivity (Wildman–Crippen MR) is 60.6 cm³/mol. The van der Waals surface area contributed by atoms with Crippen molar-refractivity contribution in [3.63, 3.8) is 0 Å². The molecule has 0 spiro atoms. The average Bonchev–Trinajstić information content (AvgIpc) is 2.70. The Hall–Kier alpha value is -1.95. The molecule has 1 aromatic heterocycles. The number of H-pyrrole nitrogens is 1. The summed E-state index contributed by atoms with van der Waals surface area (Å²) in [4.78, 5) is 24.3. The lowest BCUT2D eigenvalue weighted by atomic mass is 10.0. The Labute approximate surface area is 106 Å². The van der Waals surface area contributed by atoms with Crippen molar-refractivity contribution in [2.24, 2.45) is 5.92 Å². The van der Waals surface area contributed by atoms with Crippen molar-refractivity contribution in [1.82, 2.24) is 9.55 Å². The fraction of sp³-hybridized carbons (Fsp3) is 0.455. The number of rotatable bonds is 2. The van der Waals surface area contributed by atoms with Gasteiger partial charge in [0, 0.05) is 0 Å². The van der Waals surface area contributed by atoms with E-state index in [0.717, 1.165) is 4.57 Å². The normalized spacial score (nSPS) is 30.2. The Balaban J connectivity index is 2.48. The van der Waals surface area contributed by atoms with E-state index in [2.05, 4.69) is 5.92 Å². The molecule has 19 heavy (non-hydrogen) atoms. The van der Waals surface area contributed by atoms with Crippen LogP contribution in [0.5, 0.6) is 0 Å². The molecule has 2 heterocycles. The molecule has 1 aromatic rings. The van der Waals surface area contributed by atoms with Crippen LogP contribution in [-0.4, -0.2) is 38.6 Å². The molecule has 3 N–H and O–H groups in total. The first-order valence-corrected chi connectivity index (χ1v) is 5.41. The third-order valence-corrected chi connectivity index (χ3v) is 2.94. The van der Waals surface area contributed by atoms with Crippen LogP contribution in [0, 0.1) is 24.1 Å². The third-order valence-electron chi connectivity index (χ3n) is 2.94. The van der Waals surface area contributed by atoms with Crippen molar-refractivity contribution < 1.29 is 19.3 Å². The van der Waals surface area contributed by atoms with E-state index in [4.69, 9.17) is 16.3 Å². The number of nitrogens with one attached hydrogen (secondary N) is 1. The van der Waals surface area contributed by atoms with Gasteiger partial charge in [0.15, 0.2) is 6.23 Å². The maximum absolute atomic E-state index is 13.2. The molecular weight excluding hydrogens is 259 g/mol. The molecule has 2 rings (SSSR count). The van der Waals surface area contributed by atoms with Crippen molar-refractivity contribution >= 4 is 0 Å². The van der Waals surface area contributed by atoms with Crippen LogP contribution in [0.4, 0.5) is 4.39 Å².